The molecule has 0 spiro atoms. The topological polar surface area (TPSA) is 57.3 Å². The molecule has 2 fully saturated rings. The van der Waals surface area contributed by atoms with Crippen molar-refractivity contribution in [1.82, 2.24) is 10.3 Å². The lowest BCUT2D eigenvalue weighted by atomic mass is 10.3. The van der Waals surface area contributed by atoms with Crippen LogP contribution in [0.15, 0.2) is 18.3 Å². The van der Waals surface area contributed by atoms with Gasteiger partial charge < -0.3 is 15.5 Å². The second-order valence-electron chi connectivity index (χ2n) is 5.60. The van der Waals surface area contributed by atoms with Crippen LogP contribution in [0.4, 0.5) is 11.5 Å². The van der Waals surface area contributed by atoms with Gasteiger partial charge in [0.15, 0.2) is 5.82 Å². The number of anilines is 2. The van der Waals surface area contributed by atoms with Crippen molar-refractivity contribution in [2.45, 2.75) is 38.1 Å². The van der Waals surface area contributed by atoms with E-state index in [2.05, 4.69) is 20.5 Å². The smallest absolute Gasteiger partial charge is 0.225 e. The number of nitrogens with zero attached hydrogens (tertiary/aromatic N) is 2. The fraction of sp³-hybridized carbons (Fsp3) is 0.600. The first-order valence-electron chi connectivity index (χ1n) is 7.56. The number of rotatable bonds is 6. The van der Waals surface area contributed by atoms with Crippen molar-refractivity contribution >= 4 is 17.4 Å². The van der Waals surface area contributed by atoms with Gasteiger partial charge in [0.2, 0.25) is 5.91 Å². The standard InChI is InChI=1S/C15H22N4O/c20-14(7-9-16-12-5-6-12)18-13-4-3-8-17-15(13)19-10-1-2-11-19/h3-4,8,12,16H,1-2,5-7,9-11H2,(H,18,20). The van der Waals surface area contributed by atoms with Crippen LogP contribution in [0.5, 0.6) is 0 Å². The fourth-order valence-corrected chi connectivity index (χ4v) is 2.57. The maximum atomic E-state index is 12.0. The molecule has 0 unspecified atom stereocenters. The third-order valence-corrected chi connectivity index (χ3v) is 3.83. The minimum atomic E-state index is 0.0617. The second-order valence-corrected chi connectivity index (χ2v) is 5.60. The summed E-state index contributed by atoms with van der Waals surface area (Å²) in [6.07, 6.45) is 7.22. The Balaban J connectivity index is 1.56. The minimum absolute atomic E-state index is 0.0617. The van der Waals surface area contributed by atoms with E-state index >= 15 is 0 Å². The number of nitrogens with one attached hydrogen (secondary N) is 2. The molecule has 1 saturated carbocycles. The molecule has 3 rings (SSSR count). The van der Waals surface area contributed by atoms with Gasteiger partial charge in [0.1, 0.15) is 0 Å². The highest BCUT2D eigenvalue weighted by molar-refractivity contribution is 5.93. The zero-order chi connectivity index (χ0) is 13.8. The number of carbonyl (C=O) groups excluding carboxylic acids is 1. The normalized spacial score (nSPS) is 18.3. The first-order chi connectivity index (χ1) is 9.83. The van der Waals surface area contributed by atoms with E-state index in [1.54, 1.807) is 6.20 Å². The molecular weight excluding hydrogens is 252 g/mol. The highest BCUT2D eigenvalue weighted by Crippen LogP contribution is 2.26. The molecule has 1 aliphatic heterocycles. The molecule has 20 heavy (non-hydrogen) atoms. The Hall–Kier alpha value is -1.62. The van der Waals surface area contributed by atoms with Gasteiger partial charge in [-0.05, 0) is 37.8 Å². The van der Waals surface area contributed by atoms with E-state index in [0.29, 0.717) is 12.5 Å². The third kappa shape index (κ3) is 3.48. The summed E-state index contributed by atoms with van der Waals surface area (Å²) in [5.74, 6) is 0.972. The van der Waals surface area contributed by atoms with Crippen molar-refractivity contribution in [3.05, 3.63) is 18.3 Å². The lowest BCUT2D eigenvalue weighted by Crippen LogP contribution is -2.25. The monoisotopic (exact) mass is 274 g/mol. The molecule has 5 heteroatoms. The number of amides is 1. The maximum Gasteiger partial charge on any atom is 0.225 e. The fourth-order valence-electron chi connectivity index (χ4n) is 2.57. The molecule has 108 valence electrons. The number of pyridine rings is 1. The summed E-state index contributed by atoms with van der Waals surface area (Å²) in [6.45, 7) is 2.82. The third-order valence-electron chi connectivity index (χ3n) is 3.83. The summed E-state index contributed by atoms with van der Waals surface area (Å²) in [5.41, 5.74) is 0.839. The van der Waals surface area contributed by atoms with E-state index in [-0.39, 0.29) is 5.91 Å². The summed E-state index contributed by atoms with van der Waals surface area (Å²) < 4.78 is 0. The van der Waals surface area contributed by atoms with E-state index < -0.39 is 0 Å². The van der Waals surface area contributed by atoms with Gasteiger partial charge in [0.25, 0.3) is 0 Å². The van der Waals surface area contributed by atoms with Crippen molar-refractivity contribution in [3.8, 4) is 0 Å². The van der Waals surface area contributed by atoms with Gasteiger partial charge in [-0.3, -0.25) is 4.79 Å². The molecule has 1 amide bonds. The Bertz CT molecular complexity index is 467. The van der Waals surface area contributed by atoms with E-state index in [0.717, 1.165) is 31.1 Å². The molecule has 2 heterocycles. The molecular formula is C15H22N4O. The molecule has 2 aliphatic rings. The van der Waals surface area contributed by atoms with Gasteiger partial charge in [-0.1, -0.05) is 0 Å². The first-order valence-corrected chi connectivity index (χ1v) is 7.56. The average molecular weight is 274 g/mol. The Morgan fingerprint density at radius 1 is 1.35 bits per heavy atom. The Labute approximate surface area is 119 Å². The lowest BCUT2D eigenvalue weighted by molar-refractivity contribution is -0.116. The highest BCUT2D eigenvalue weighted by atomic mass is 16.1. The highest BCUT2D eigenvalue weighted by Gasteiger charge is 2.21. The van der Waals surface area contributed by atoms with Gasteiger partial charge in [0.05, 0.1) is 5.69 Å². The van der Waals surface area contributed by atoms with Crippen molar-refractivity contribution in [2.24, 2.45) is 0 Å². The number of carbonyl (C=O) groups is 1. The Kier molecular flexibility index (Phi) is 4.16. The van der Waals surface area contributed by atoms with E-state index in [1.165, 1.54) is 25.7 Å². The van der Waals surface area contributed by atoms with Crippen LogP contribution in [0.3, 0.4) is 0 Å². The van der Waals surface area contributed by atoms with Crippen LogP contribution >= 0.6 is 0 Å². The zero-order valence-corrected chi connectivity index (χ0v) is 11.8. The maximum absolute atomic E-state index is 12.0. The molecule has 1 aromatic rings. The number of aromatic nitrogens is 1. The average Bonchev–Trinajstić information content (AvgIpc) is 3.11. The van der Waals surface area contributed by atoms with Gasteiger partial charge in [-0.2, -0.15) is 0 Å². The van der Waals surface area contributed by atoms with Gasteiger partial charge in [-0.15, -0.1) is 0 Å². The van der Waals surface area contributed by atoms with Crippen LogP contribution in [0.25, 0.3) is 0 Å². The molecule has 1 saturated heterocycles. The Morgan fingerprint density at radius 2 is 2.15 bits per heavy atom. The summed E-state index contributed by atoms with van der Waals surface area (Å²) in [7, 11) is 0. The predicted molar refractivity (Wildman–Crippen MR) is 80.0 cm³/mol. The molecule has 2 N–H and O–H groups in total. The van der Waals surface area contributed by atoms with Crippen LogP contribution in [0, 0.1) is 0 Å². The van der Waals surface area contributed by atoms with Crippen molar-refractivity contribution in [2.75, 3.05) is 29.9 Å². The molecule has 0 atom stereocenters. The quantitative estimate of drug-likeness (QED) is 0.830. The molecule has 1 aliphatic carbocycles. The van der Waals surface area contributed by atoms with Gasteiger partial charge in [0, 0.05) is 38.3 Å². The van der Waals surface area contributed by atoms with Crippen molar-refractivity contribution < 1.29 is 4.79 Å². The van der Waals surface area contributed by atoms with E-state index in [4.69, 9.17) is 0 Å². The number of hydrogen-bond acceptors (Lipinski definition) is 4. The number of hydrogen-bond donors (Lipinski definition) is 2. The van der Waals surface area contributed by atoms with E-state index in [1.807, 2.05) is 12.1 Å². The minimum Gasteiger partial charge on any atom is -0.355 e. The summed E-state index contributed by atoms with van der Waals surface area (Å²) in [5, 5.41) is 6.35. The van der Waals surface area contributed by atoms with E-state index in [9.17, 15) is 4.79 Å². The zero-order valence-electron chi connectivity index (χ0n) is 11.8. The summed E-state index contributed by atoms with van der Waals surface area (Å²) in [4.78, 5) is 18.7. The van der Waals surface area contributed by atoms with Crippen molar-refractivity contribution in [1.29, 1.82) is 0 Å². The van der Waals surface area contributed by atoms with Gasteiger partial charge >= 0.3 is 0 Å². The van der Waals surface area contributed by atoms with Crippen molar-refractivity contribution in [3.63, 3.8) is 0 Å². The largest absolute Gasteiger partial charge is 0.355 e. The van der Waals surface area contributed by atoms with Crippen LogP contribution in [0.1, 0.15) is 32.1 Å². The summed E-state index contributed by atoms with van der Waals surface area (Å²) in [6, 6.07) is 4.46. The van der Waals surface area contributed by atoms with Gasteiger partial charge in [-0.25, -0.2) is 4.98 Å². The SMILES string of the molecule is O=C(CCNC1CC1)Nc1cccnc1N1CCCC1. The van der Waals surface area contributed by atoms with Crippen LogP contribution in [-0.2, 0) is 4.79 Å². The molecule has 1 aromatic heterocycles. The lowest BCUT2D eigenvalue weighted by Gasteiger charge is -2.20. The second kappa shape index (κ2) is 6.22. The van der Waals surface area contributed by atoms with Crippen LogP contribution < -0.4 is 15.5 Å². The molecule has 0 aromatic carbocycles. The Morgan fingerprint density at radius 3 is 2.90 bits per heavy atom. The van der Waals surface area contributed by atoms with Crippen LogP contribution in [-0.4, -0.2) is 36.6 Å². The first kappa shape index (κ1) is 13.4. The predicted octanol–water partition coefficient (Wildman–Crippen LogP) is 1.76. The summed E-state index contributed by atoms with van der Waals surface area (Å²) >= 11 is 0. The molecule has 0 bridgehead atoms. The molecule has 5 nitrogen and oxygen atoms in total. The van der Waals surface area contributed by atoms with Crippen LogP contribution in [0.2, 0.25) is 0 Å². The molecule has 0 radical (unpaired) electrons.